The summed E-state index contributed by atoms with van der Waals surface area (Å²) < 4.78 is 17.0. The number of pyridine rings is 1. The molecular formula is C25H35N5O3. The highest BCUT2D eigenvalue weighted by Crippen LogP contribution is 2.25. The first kappa shape index (κ1) is 23.5. The van der Waals surface area contributed by atoms with Crippen molar-refractivity contribution in [1.29, 1.82) is 0 Å². The molecule has 2 saturated heterocycles. The molecule has 0 radical (unpaired) electrons. The number of hydrazone groups is 1. The predicted molar refractivity (Wildman–Crippen MR) is 132 cm³/mol. The second-order valence-electron chi connectivity index (χ2n) is 8.34. The minimum absolute atomic E-state index is 0.589. The zero-order valence-corrected chi connectivity index (χ0v) is 19.8. The molecule has 0 unspecified atom stereocenters. The maximum Gasteiger partial charge on any atom is 0.217 e. The van der Waals surface area contributed by atoms with Crippen molar-refractivity contribution in [3.8, 4) is 5.88 Å². The molecule has 0 saturated carbocycles. The average Bonchev–Trinajstić information content (AvgIpc) is 2.86. The number of hydrogen-bond acceptors (Lipinski definition) is 8. The van der Waals surface area contributed by atoms with E-state index in [1.165, 1.54) is 5.56 Å². The number of anilines is 2. The number of hydrogen-bond donors (Lipinski definition) is 1. The second-order valence-corrected chi connectivity index (χ2v) is 8.34. The van der Waals surface area contributed by atoms with Crippen molar-refractivity contribution in [1.82, 2.24) is 9.88 Å². The summed E-state index contributed by atoms with van der Waals surface area (Å²) in [6.45, 7) is 12.3. The Labute approximate surface area is 196 Å². The summed E-state index contributed by atoms with van der Waals surface area (Å²) in [4.78, 5) is 9.34. The normalized spacial score (nSPS) is 17.8. The summed E-state index contributed by atoms with van der Waals surface area (Å²) >= 11 is 0. The average molecular weight is 454 g/mol. The molecular weight excluding hydrogens is 418 g/mol. The lowest BCUT2D eigenvalue weighted by Crippen LogP contribution is -2.38. The van der Waals surface area contributed by atoms with Crippen LogP contribution >= 0.6 is 0 Å². The molecule has 0 amide bonds. The third-order valence-corrected chi connectivity index (χ3v) is 5.92. The number of morpholine rings is 2. The second kappa shape index (κ2) is 12.0. The molecule has 0 atom stereocenters. The Morgan fingerprint density at radius 2 is 1.82 bits per heavy atom. The predicted octanol–water partition coefficient (Wildman–Crippen LogP) is 3.16. The molecule has 0 spiro atoms. The fourth-order valence-electron chi connectivity index (χ4n) is 4.03. The third kappa shape index (κ3) is 6.90. The van der Waals surface area contributed by atoms with Gasteiger partial charge in [0, 0.05) is 50.5 Å². The quantitative estimate of drug-likeness (QED) is 0.462. The fourth-order valence-corrected chi connectivity index (χ4v) is 4.03. The van der Waals surface area contributed by atoms with E-state index in [1.807, 2.05) is 12.1 Å². The van der Waals surface area contributed by atoms with Crippen LogP contribution in [0.3, 0.4) is 0 Å². The maximum atomic E-state index is 6.07. The number of aromatic nitrogens is 1. The molecule has 8 heteroatoms. The summed E-state index contributed by atoms with van der Waals surface area (Å²) in [5.41, 5.74) is 7.59. The van der Waals surface area contributed by atoms with Gasteiger partial charge in [0.1, 0.15) is 6.61 Å². The maximum absolute atomic E-state index is 6.07. The SMILES string of the molecule is CC/C(=N\Nc1cc(N2CCOCC2)cc(OCCN2CCOCC2)n1)c1cccc(C)c1. The molecule has 4 rings (SSSR count). The lowest BCUT2D eigenvalue weighted by Gasteiger charge is -2.29. The van der Waals surface area contributed by atoms with Crippen molar-refractivity contribution >= 4 is 17.2 Å². The van der Waals surface area contributed by atoms with Crippen LogP contribution in [0.4, 0.5) is 11.5 Å². The highest BCUT2D eigenvalue weighted by Gasteiger charge is 2.15. The number of nitrogens with one attached hydrogen (secondary N) is 1. The van der Waals surface area contributed by atoms with Crippen molar-refractivity contribution in [2.24, 2.45) is 5.10 Å². The molecule has 8 nitrogen and oxygen atoms in total. The van der Waals surface area contributed by atoms with Crippen molar-refractivity contribution in [2.45, 2.75) is 20.3 Å². The number of ether oxygens (including phenoxy) is 3. The van der Waals surface area contributed by atoms with Gasteiger partial charge in [0.25, 0.3) is 0 Å². The zero-order chi connectivity index (χ0) is 22.9. The summed E-state index contributed by atoms with van der Waals surface area (Å²) in [5.74, 6) is 1.29. The van der Waals surface area contributed by atoms with E-state index < -0.39 is 0 Å². The van der Waals surface area contributed by atoms with Gasteiger partial charge in [0.2, 0.25) is 5.88 Å². The Hall–Kier alpha value is -2.68. The lowest BCUT2D eigenvalue weighted by atomic mass is 10.1. The highest BCUT2D eigenvalue weighted by molar-refractivity contribution is 6.00. The number of benzene rings is 1. The van der Waals surface area contributed by atoms with Crippen LogP contribution in [0.5, 0.6) is 5.88 Å². The number of rotatable bonds is 9. The molecule has 2 aliphatic rings. The molecule has 0 bridgehead atoms. The van der Waals surface area contributed by atoms with E-state index >= 15 is 0 Å². The first-order valence-electron chi connectivity index (χ1n) is 11.9. The first-order chi connectivity index (χ1) is 16.2. The molecule has 1 aromatic carbocycles. The van der Waals surface area contributed by atoms with Crippen LogP contribution in [0, 0.1) is 6.92 Å². The van der Waals surface area contributed by atoms with Crippen LogP contribution < -0.4 is 15.1 Å². The molecule has 1 aromatic heterocycles. The van der Waals surface area contributed by atoms with E-state index in [1.54, 1.807) is 0 Å². The fraction of sp³-hybridized carbons (Fsp3) is 0.520. The Morgan fingerprint density at radius 1 is 1.06 bits per heavy atom. The van der Waals surface area contributed by atoms with E-state index in [0.29, 0.717) is 18.3 Å². The van der Waals surface area contributed by atoms with Gasteiger partial charge in [-0.25, -0.2) is 0 Å². The summed E-state index contributed by atoms with van der Waals surface area (Å²) in [7, 11) is 0. The van der Waals surface area contributed by atoms with Gasteiger partial charge in [0.15, 0.2) is 5.82 Å². The van der Waals surface area contributed by atoms with Crippen molar-refractivity contribution < 1.29 is 14.2 Å². The Morgan fingerprint density at radius 3 is 2.55 bits per heavy atom. The topological polar surface area (TPSA) is 71.5 Å². The van der Waals surface area contributed by atoms with E-state index in [2.05, 4.69) is 63.4 Å². The largest absolute Gasteiger partial charge is 0.476 e. The number of aryl methyl sites for hydroxylation is 1. The van der Waals surface area contributed by atoms with Gasteiger partial charge >= 0.3 is 0 Å². The van der Waals surface area contributed by atoms with Gasteiger partial charge in [-0.15, -0.1) is 0 Å². The van der Waals surface area contributed by atoms with E-state index in [-0.39, 0.29) is 0 Å². The zero-order valence-electron chi connectivity index (χ0n) is 19.8. The van der Waals surface area contributed by atoms with Gasteiger partial charge in [-0.1, -0.05) is 36.8 Å². The van der Waals surface area contributed by atoms with Gasteiger partial charge < -0.3 is 19.1 Å². The molecule has 178 valence electrons. The molecule has 2 fully saturated rings. The number of nitrogens with zero attached hydrogens (tertiary/aromatic N) is 4. The minimum Gasteiger partial charge on any atom is -0.476 e. The van der Waals surface area contributed by atoms with Crippen LogP contribution in [0.15, 0.2) is 41.5 Å². The van der Waals surface area contributed by atoms with Crippen molar-refractivity contribution in [3.63, 3.8) is 0 Å². The van der Waals surface area contributed by atoms with Crippen molar-refractivity contribution in [3.05, 3.63) is 47.5 Å². The van der Waals surface area contributed by atoms with Gasteiger partial charge in [-0.2, -0.15) is 10.1 Å². The van der Waals surface area contributed by atoms with Gasteiger partial charge in [0.05, 0.1) is 32.1 Å². The Bertz CT molecular complexity index is 924. The Balaban J connectivity index is 1.49. The van der Waals surface area contributed by atoms with E-state index in [4.69, 9.17) is 14.2 Å². The Kier molecular flexibility index (Phi) is 8.52. The smallest absolute Gasteiger partial charge is 0.217 e. The van der Waals surface area contributed by atoms with Crippen LogP contribution in [-0.4, -0.2) is 81.4 Å². The molecule has 1 N–H and O–H groups in total. The van der Waals surface area contributed by atoms with Crippen LogP contribution in [0.1, 0.15) is 24.5 Å². The van der Waals surface area contributed by atoms with Crippen LogP contribution in [0.2, 0.25) is 0 Å². The summed E-state index contributed by atoms with van der Waals surface area (Å²) in [5, 5.41) is 4.69. The van der Waals surface area contributed by atoms with Gasteiger partial charge in [-0.3, -0.25) is 10.3 Å². The summed E-state index contributed by atoms with van der Waals surface area (Å²) in [6, 6.07) is 12.5. The monoisotopic (exact) mass is 453 g/mol. The van der Waals surface area contributed by atoms with E-state index in [9.17, 15) is 0 Å². The molecule has 2 aromatic rings. The van der Waals surface area contributed by atoms with Crippen LogP contribution in [0.25, 0.3) is 0 Å². The molecule has 0 aliphatic carbocycles. The van der Waals surface area contributed by atoms with Gasteiger partial charge in [-0.05, 0) is 18.9 Å². The van der Waals surface area contributed by atoms with Crippen LogP contribution in [-0.2, 0) is 9.47 Å². The lowest BCUT2D eigenvalue weighted by molar-refractivity contribution is 0.0320. The minimum atomic E-state index is 0.589. The summed E-state index contributed by atoms with van der Waals surface area (Å²) in [6.07, 6.45) is 0.822. The molecule has 2 aliphatic heterocycles. The highest BCUT2D eigenvalue weighted by atomic mass is 16.5. The molecule has 33 heavy (non-hydrogen) atoms. The van der Waals surface area contributed by atoms with E-state index in [0.717, 1.165) is 82.5 Å². The van der Waals surface area contributed by atoms with Crippen molar-refractivity contribution in [2.75, 3.05) is 76.1 Å². The first-order valence-corrected chi connectivity index (χ1v) is 11.9. The standard InChI is InChI=1S/C25H35N5O3/c1-3-23(21-6-4-5-20(2)17-21)27-28-24-18-22(30-10-14-32-15-11-30)19-25(26-24)33-16-9-29-7-12-31-13-8-29/h4-6,17-19H,3,7-16H2,1-2H3,(H,26,28)/b27-23+. The third-order valence-electron chi connectivity index (χ3n) is 5.92. The molecule has 3 heterocycles.